The fourth-order valence-corrected chi connectivity index (χ4v) is 3.10. The monoisotopic (exact) mass is 444 g/mol. The number of aromatic nitrogens is 2. The van der Waals surface area contributed by atoms with Gasteiger partial charge in [-0.2, -0.15) is 0 Å². The second-order valence-electron chi connectivity index (χ2n) is 4.21. The molecule has 0 amide bonds. The Morgan fingerprint density at radius 1 is 1.21 bits per heavy atom. The van der Waals surface area contributed by atoms with E-state index in [1.807, 2.05) is 18.2 Å². The van der Waals surface area contributed by atoms with Crippen LogP contribution in [-0.2, 0) is 0 Å². The van der Waals surface area contributed by atoms with Crippen LogP contribution in [0.2, 0.25) is 0 Å². The topological polar surface area (TPSA) is 34.9 Å². The van der Waals surface area contributed by atoms with Crippen molar-refractivity contribution in [3.8, 4) is 11.1 Å². The van der Waals surface area contributed by atoms with Crippen molar-refractivity contribution in [3.05, 3.63) is 54.1 Å². The number of rotatable bonds is 2. The third-order valence-corrected chi connectivity index (χ3v) is 4.61. The summed E-state index contributed by atoms with van der Waals surface area (Å²) in [5.41, 5.74) is 3.57. The Kier molecular flexibility index (Phi) is 3.18. The number of carbonyl (C=O) groups excluding carboxylic acids is 1. The molecule has 0 N–H and O–H groups in total. The summed E-state index contributed by atoms with van der Waals surface area (Å²) in [6.07, 6.45) is 2.44. The van der Waals surface area contributed by atoms with Gasteiger partial charge in [0.15, 0.2) is 0 Å². The summed E-state index contributed by atoms with van der Waals surface area (Å²) < 4.78 is 16.0. The van der Waals surface area contributed by atoms with Gasteiger partial charge in [0.1, 0.15) is 0 Å². The Labute approximate surface area is 125 Å². The second-order valence-corrected chi connectivity index (χ2v) is 6.38. The number of carbonyl (C=O) groups is 1. The van der Waals surface area contributed by atoms with Gasteiger partial charge in [-0.1, -0.05) is 0 Å². The number of hydrogen-bond acceptors (Lipinski definition) is 2. The van der Waals surface area contributed by atoms with E-state index in [2.05, 4.69) is 7.36 Å². The first-order valence-corrected chi connectivity index (χ1v) is 7.67. The van der Waals surface area contributed by atoms with E-state index in [0.29, 0.717) is 43.5 Å². The fraction of sp³-hybridized carbons (Fsp3) is 0. The van der Waals surface area contributed by atoms with Gasteiger partial charge in [-0.15, -0.1) is 0 Å². The fourth-order valence-electron chi connectivity index (χ4n) is 2.03. The molecule has 0 aliphatic carbocycles. The van der Waals surface area contributed by atoms with Crippen molar-refractivity contribution < 1.29 is 9.18 Å². The molecule has 19 heavy (non-hydrogen) atoms. The van der Waals surface area contributed by atoms with Gasteiger partial charge >= 0.3 is 125 Å². The van der Waals surface area contributed by atoms with E-state index in [9.17, 15) is 9.18 Å². The van der Waals surface area contributed by atoms with E-state index in [-0.39, 0.29) is 5.82 Å². The number of hydrogen-bond donors (Lipinski definition) is 0. The van der Waals surface area contributed by atoms with Crippen LogP contribution in [0.25, 0.3) is 22.2 Å². The first-order chi connectivity index (χ1) is 9.19. The molecule has 3 rings (SSSR count). The van der Waals surface area contributed by atoms with Gasteiger partial charge in [-0.05, 0) is 0 Å². The van der Waals surface area contributed by atoms with E-state index in [1.165, 1.54) is 6.07 Å². The first-order valence-electron chi connectivity index (χ1n) is 5.66. The molecular weight excluding hydrogens is 436 g/mol. The molecule has 0 saturated heterocycles. The van der Waals surface area contributed by atoms with Crippen molar-refractivity contribution in [2.75, 3.05) is 0 Å². The van der Waals surface area contributed by atoms with Crippen LogP contribution in [0.5, 0.6) is 0 Å². The third-order valence-electron chi connectivity index (χ3n) is 3.02. The van der Waals surface area contributed by atoms with Crippen LogP contribution in [0.1, 0.15) is 10.4 Å². The van der Waals surface area contributed by atoms with E-state index >= 15 is 0 Å². The van der Waals surface area contributed by atoms with Crippen molar-refractivity contribution in [1.82, 2.24) is 7.36 Å². The number of aldehydes is 1. The average molecular weight is 444 g/mol. The zero-order valence-electron chi connectivity index (χ0n) is 9.88. The maximum absolute atomic E-state index is 14.0. The Hall–Kier alpha value is -1.57. The van der Waals surface area contributed by atoms with Gasteiger partial charge in [-0.3, -0.25) is 0 Å². The minimum atomic E-state index is -0.384. The molecule has 0 saturated carbocycles. The molecule has 2 aromatic carbocycles. The van der Waals surface area contributed by atoms with Crippen molar-refractivity contribution in [3.63, 3.8) is 0 Å². The predicted molar refractivity (Wildman–Crippen MR) is 71.7 cm³/mol. The molecule has 90 valence electrons. The number of benzene rings is 2. The molecule has 0 aliphatic heterocycles. The van der Waals surface area contributed by atoms with E-state index < -0.39 is 0 Å². The third kappa shape index (κ3) is 2.20. The molecular formula is C14H8FN2OTl. The molecule has 0 bridgehead atoms. The van der Waals surface area contributed by atoms with Crippen LogP contribution in [0.15, 0.2) is 42.7 Å². The Balaban J connectivity index is 2.18. The Morgan fingerprint density at radius 3 is 2.79 bits per heavy atom. The summed E-state index contributed by atoms with van der Waals surface area (Å²) >= 11 is 0.618. The minimum absolute atomic E-state index is 0.344. The van der Waals surface area contributed by atoms with Crippen molar-refractivity contribution >= 4 is 43.4 Å². The number of nitrogens with zero attached hydrogens (tertiary/aromatic N) is 2. The molecule has 1 aromatic heterocycles. The van der Waals surface area contributed by atoms with Crippen molar-refractivity contribution in [1.29, 1.82) is 0 Å². The predicted octanol–water partition coefficient (Wildman–Crippen LogP) is 2.59. The van der Waals surface area contributed by atoms with Crippen LogP contribution in [0.4, 0.5) is 4.39 Å². The molecule has 0 radical (unpaired) electrons. The van der Waals surface area contributed by atoms with Crippen molar-refractivity contribution in [2.45, 2.75) is 0 Å². The number of halogens is 1. The van der Waals surface area contributed by atoms with Crippen LogP contribution >= 0.6 is 0 Å². The van der Waals surface area contributed by atoms with Gasteiger partial charge < -0.3 is 0 Å². The van der Waals surface area contributed by atoms with Gasteiger partial charge in [0, 0.05) is 0 Å². The summed E-state index contributed by atoms with van der Waals surface area (Å²) in [4.78, 5) is 14.9. The van der Waals surface area contributed by atoms with Crippen LogP contribution < -0.4 is 0 Å². The maximum atomic E-state index is 14.0. The summed E-state index contributed by atoms with van der Waals surface area (Å²) in [6, 6.07) is 10.2. The normalized spacial score (nSPS) is 10.7. The Morgan fingerprint density at radius 2 is 2.05 bits per heavy atom. The molecule has 3 nitrogen and oxygen atoms in total. The van der Waals surface area contributed by atoms with Crippen LogP contribution in [0.3, 0.4) is 0 Å². The molecule has 0 unspecified atom stereocenters. The molecule has 0 spiro atoms. The SMILES string of the molecule is O=Cc1ccc(-c2ccc3nc[n]([Tl])c3c2)c(F)c1. The molecule has 1 heterocycles. The second kappa shape index (κ2) is 4.84. The van der Waals surface area contributed by atoms with Gasteiger partial charge in [0.05, 0.1) is 0 Å². The standard InChI is InChI=1S/C14H9FN2O.Tl/c15-12-5-9(7-18)1-3-11(12)10-2-4-13-14(6-10)17-8-16-13;/h1-8H,(H,16,17,18);/q;+1/p-1. The van der Waals surface area contributed by atoms with E-state index in [4.69, 9.17) is 0 Å². The Bertz CT molecular complexity index is 782. The molecule has 3 aromatic rings. The van der Waals surface area contributed by atoms with Crippen molar-refractivity contribution in [2.24, 2.45) is 0 Å². The number of fused-ring (bicyclic) bond motifs is 1. The van der Waals surface area contributed by atoms with E-state index in [0.717, 1.165) is 16.6 Å². The van der Waals surface area contributed by atoms with Gasteiger partial charge in [0.2, 0.25) is 0 Å². The summed E-state index contributed by atoms with van der Waals surface area (Å²) in [6.45, 7) is 0. The van der Waals surface area contributed by atoms with Crippen LogP contribution in [-0.4, -0.2) is 39.7 Å². The zero-order valence-corrected chi connectivity index (χ0v) is 14.4. The summed E-state index contributed by atoms with van der Waals surface area (Å²) in [5, 5.41) is 0. The van der Waals surface area contributed by atoms with Gasteiger partial charge in [-0.25, -0.2) is 0 Å². The molecule has 0 fully saturated rings. The molecule has 0 aliphatic rings. The molecule has 0 atom stereocenters. The summed E-state index contributed by atoms with van der Waals surface area (Å²) in [7, 11) is 0. The van der Waals surface area contributed by atoms with Crippen LogP contribution in [0, 0.1) is 5.82 Å². The quantitative estimate of drug-likeness (QED) is 0.451. The number of imidazole rings is 1. The zero-order chi connectivity index (χ0) is 13.4. The first kappa shape index (κ1) is 12.5. The van der Waals surface area contributed by atoms with Gasteiger partial charge in [0.25, 0.3) is 0 Å². The van der Waals surface area contributed by atoms with E-state index in [1.54, 1.807) is 18.5 Å². The summed E-state index contributed by atoms with van der Waals surface area (Å²) in [5.74, 6) is -0.384. The average Bonchev–Trinajstić information content (AvgIpc) is 2.80. The molecule has 5 heteroatoms.